The van der Waals surface area contributed by atoms with Crippen LogP contribution >= 0.6 is 11.6 Å². The van der Waals surface area contributed by atoms with Gasteiger partial charge in [-0.25, -0.2) is 4.79 Å². The Kier molecular flexibility index (Phi) is 8.82. The van der Waals surface area contributed by atoms with E-state index >= 15 is 0 Å². The van der Waals surface area contributed by atoms with Gasteiger partial charge in [0.1, 0.15) is 0 Å². The number of anilines is 1. The SMILES string of the molecule is COc1cccc(CN(CCCN2CCOCC2)C(=O)Nc2ccc(Cl)cc2)c1OC. The molecule has 1 saturated heterocycles. The fourth-order valence-corrected chi connectivity index (χ4v) is 3.71. The number of urea groups is 1. The third-order valence-electron chi connectivity index (χ3n) is 5.23. The lowest BCUT2D eigenvalue weighted by Crippen LogP contribution is -2.40. The molecule has 168 valence electrons. The first-order valence-corrected chi connectivity index (χ1v) is 10.8. The van der Waals surface area contributed by atoms with Gasteiger partial charge in [0, 0.05) is 42.5 Å². The number of hydrogen-bond donors (Lipinski definition) is 1. The third kappa shape index (κ3) is 6.75. The van der Waals surface area contributed by atoms with E-state index in [1.807, 2.05) is 18.2 Å². The van der Waals surface area contributed by atoms with Gasteiger partial charge < -0.3 is 24.4 Å². The van der Waals surface area contributed by atoms with Crippen molar-refractivity contribution in [3.8, 4) is 11.5 Å². The number of nitrogens with one attached hydrogen (secondary N) is 1. The zero-order chi connectivity index (χ0) is 22.1. The summed E-state index contributed by atoms with van der Waals surface area (Å²) in [5, 5.41) is 3.59. The maximum absolute atomic E-state index is 13.1. The van der Waals surface area contributed by atoms with Crippen LogP contribution in [-0.4, -0.2) is 69.4 Å². The summed E-state index contributed by atoms with van der Waals surface area (Å²) in [6, 6.07) is 12.6. The summed E-state index contributed by atoms with van der Waals surface area (Å²) in [5.41, 5.74) is 1.59. The van der Waals surface area contributed by atoms with E-state index in [9.17, 15) is 4.79 Å². The topological polar surface area (TPSA) is 63.3 Å². The molecule has 0 aromatic heterocycles. The lowest BCUT2D eigenvalue weighted by molar-refractivity contribution is 0.0365. The van der Waals surface area contributed by atoms with Crippen LogP contribution in [0.2, 0.25) is 5.02 Å². The number of carbonyl (C=O) groups is 1. The minimum Gasteiger partial charge on any atom is -0.493 e. The highest BCUT2D eigenvalue weighted by atomic mass is 35.5. The van der Waals surface area contributed by atoms with Crippen LogP contribution < -0.4 is 14.8 Å². The Hall–Kier alpha value is -2.48. The van der Waals surface area contributed by atoms with Crippen molar-refractivity contribution in [3.63, 3.8) is 0 Å². The molecule has 0 aliphatic carbocycles. The van der Waals surface area contributed by atoms with Crippen LogP contribution in [0.25, 0.3) is 0 Å². The van der Waals surface area contributed by atoms with E-state index < -0.39 is 0 Å². The third-order valence-corrected chi connectivity index (χ3v) is 5.49. The fourth-order valence-electron chi connectivity index (χ4n) is 3.58. The lowest BCUT2D eigenvalue weighted by Gasteiger charge is -2.29. The maximum atomic E-state index is 13.1. The van der Waals surface area contributed by atoms with Gasteiger partial charge in [0.2, 0.25) is 0 Å². The molecule has 0 unspecified atom stereocenters. The molecule has 2 amide bonds. The monoisotopic (exact) mass is 447 g/mol. The first kappa shape index (κ1) is 23.2. The van der Waals surface area contributed by atoms with Gasteiger partial charge in [0.05, 0.1) is 34.0 Å². The second kappa shape index (κ2) is 11.8. The van der Waals surface area contributed by atoms with E-state index in [1.54, 1.807) is 43.4 Å². The second-order valence-corrected chi connectivity index (χ2v) is 7.76. The minimum absolute atomic E-state index is 0.172. The molecule has 1 aliphatic rings. The van der Waals surface area contributed by atoms with E-state index in [4.69, 9.17) is 25.8 Å². The van der Waals surface area contributed by atoms with Crippen molar-refractivity contribution in [2.24, 2.45) is 0 Å². The van der Waals surface area contributed by atoms with Crippen molar-refractivity contribution in [3.05, 3.63) is 53.1 Å². The van der Waals surface area contributed by atoms with E-state index in [0.29, 0.717) is 35.3 Å². The molecule has 0 atom stereocenters. The molecule has 0 saturated carbocycles. The number of para-hydroxylation sites is 1. The van der Waals surface area contributed by atoms with Crippen LogP contribution in [0.3, 0.4) is 0 Å². The first-order chi connectivity index (χ1) is 15.1. The highest BCUT2D eigenvalue weighted by Crippen LogP contribution is 2.31. The molecule has 0 spiro atoms. The predicted molar refractivity (Wildman–Crippen MR) is 122 cm³/mol. The predicted octanol–water partition coefficient (Wildman–Crippen LogP) is 4.11. The van der Waals surface area contributed by atoms with Crippen molar-refractivity contribution < 1.29 is 19.0 Å². The summed E-state index contributed by atoms with van der Waals surface area (Å²) < 4.78 is 16.4. The summed E-state index contributed by atoms with van der Waals surface area (Å²) in [6.07, 6.45) is 0.861. The fraction of sp³-hybridized carbons (Fsp3) is 0.435. The molecule has 2 aromatic carbocycles. The van der Waals surface area contributed by atoms with Crippen LogP contribution in [0.5, 0.6) is 11.5 Å². The average Bonchev–Trinajstić information content (AvgIpc) is 2.80. The first-order valence-electron chi connectivity index (χ1n) is 10.4. The number of nitrogens with zero attached hydrogens (tertiary/aromatic N) is 2. The van der Waals surface area contributed by atoms with Gasteiger partial charge in [-0.2, -0.15) is 0 Å². The molecule has 1 heterocycles. The molecule has 31 heavy (non-hydrogen) atoms. The van der Waals surface area contributed by atoms with E-state index in [-0.39, 0.29) is 6.03 Å². The number of benzene rings is 2. The Labute approximate surface area is 188 Å². The van der Waals surface area contributed by atoms with Crippen molar-refractivity contribution in [2.45, 2.75) is 13.0 Å². The lowest BCUT2D eigenvalue weighted by atomic mass is 10.1. The number of hydrogen-bond acceptors (Lipinski definition) is 5. The Morgan fingerprint density at radius 3 is 2.55 bits per heavy atom. The van der Waals surface area contributed by atoms with Crippen LogP contribution in [0, 0.1) is 0 Å². The van der Waals surface area contributed by atoms with Crippen LogP contribution in [0.4, 0.5) is 10.5 Å². The number of methoxy groups -OCH3 is 2. The highest BCUT2D eigenvalue weighted by Gasteiger charge is 2.19. The van der Waals surface area contributed by atoms with Gasteiger partial charge >= 0.3 is 6.03 Å². The zero-order valence-corrected chi connectivity index (χ0v) is 18.9. The smallest absolute Gasteiger partial charge is 0.322 e. The Balaban J connectivity index is 1.71. The Bertz CT molecular complexity index is 841. The Morgan fingerprint density at radius 1 is 1.13 bits per heavy atom. The van der Waals surface area contributed by atoms with Crippen molar-refractivity contribution in [1.82, 2.24) is 9.80 Å². The molecule has 3 rings (SSSR count). The molecular weight excluding hydrogens is 418 g/mol. The summed E-state index contributed by atoms with van der Waals surface area (Å²) in [6.45, 7) is 5.33. The molecule has 2 aromatic rings. The van der Waals surface area contributed by atoms with Gasteiger partial charge in [0.25, 0.3) is 0 Å². The van der Waals surface area contributed by atoms with E-state index in [0.717, 1.165) is 44.8 Å². The number of rotatable bonds is 9. The molecule has 1 fully saturated rings. The number of halogens is 1. The van der Waals surface area contributed by atoms with Crippen LogP contribution in [0.15, 0.2) is 42.5 Å². The molecule has 7 nitrogen and oxygen atoms in total. The quantitative estimate of drug-likeness (QED) is 0.626. The van der Waals surface area contributed by atoms with E-state index in [2.05, 4.69) is 10.2 Å². The minimum atomic E-state index is -0.172. The van der Waals surface area contributed by atoms with Gasteiger partial charge in [-0.1, -0.05) is 23.7 Å². The summed E-state index contributed by atoms with van der Waals surface area (Å²) in [5.74, 6) is 1.29. The van der Waals surface area contributed by atoms with Crippen LogP contribution in [-0.2, 0) is 11.3 Å². The maximum Gasteiger partial charge on any atom is 0.322 e. The number of amides is 2. The van der Waals surface area contributed by atoms with E-state index in [1.165, 1.54) is 0 Å². The molecule has 0 radical (unpaired) electrons. The van der Waals surface area contributed by atoms with Crippen molar-refractivity contribution in [2.75, 3.05) is 58.9 Å². The second-order valence-electron chi connectivity index (χ2n) is 7.32. The zero-order valence-electron chi connectivity index (χ0n) is 18.1. The van der Waals surface area contributed by atoms with Gasteiger partial charge in [-0.05, 0) is 36.8 Å². The number of ether oxygens (including phenoxy) is 3. The summed E-state index contributed by atoms with van der Waals surface area (Å²) in [4.78, 5) is 17.3. The standard InChI is InChI=1S/C23H30ClN3O4/c1-29-21-6-3-5-18(22(21)30-2)17-27(12-4-11-26-13-15-31-16-14-26)23(28)25-20-9-7-19(24)8-10-20/h3,5-10H,4,11-17H2,1-2H3,(H,25,28). The molecule has 0 bridgehead atoms. The van der Waals surface area contributed by atoms with Gasteiger partial charge in [-0.3, -0.25) is 4.90 Å². The number of carbonyl (C=O) groups excluding carboxylic acids is 1. The van der Waals surface area contributed by atoms with Crippen molar-refractivity contribution >= 4 is 23.3 Å². The number of morpholine rings is 1. The largest absolute Gasteiger partial charge is 0.493 e. The Morgan fingerprint density at radius 2 is 1.87 bits per heavy atom. The molecular formula is C23H30ClN3O4. The summed E-state index contributed by atoms with van der Waals surface area (Å²) >= 11 is 5.96. The molecule has 8 heteroatoms. The van der Waals surface area contributed by atoms with Crippen LogP contribution in [0.1, 0.15) is 12.0 Å². The average molecular weight is 448 g/mol. The van der Waals surface area contributed by atoms with Gasteiger partial charge in [0.15, 0.2) is 11.5 Å². The van der Waals surface area contributed by atoms with Gasteiger partial charge in [-0.15, -0.1) is 0 Å². The molecule has 1 aliphatic heterocycles. The van der Waals surface area contributed by atoms with Crippen molar-refractivity contribution in [1.29, 1.82) is 0 Å². The normalized spacial score (nSPS) is 14.2. The molecule has 1 N–H and O–H groups in total. The highest BCUT2D eigenvalue weighted by molar-refractivity contribution is 6.30. The summed E-state index contributed by atoms with van der Waals surface area (Å²) in [7, 11) is 3.22.